The number of benzene rings is 1. The largest absolute Gasteiger partial charge is 0.299 e. The summed E-state index contributed by atoms with van der Waals surface area (Å²) < 4.78 is 37.5. The molecule has 116 valence electrons. The Kier molecular flexibility index (Phi) is 5.50. The van der Waals surface area contributed by atoms with E-state index in [-0.39, 0.29) is 5.82 Å². The van der Waals surface area contributed by atoms with Gasteiger partial charge in [-0.1, -0.05) is 24.3 Å². The normalized spacial score (nSPS) is 20.4. The molecule has 4 nitrogen and oxygen atoms in total. The van der Waals surface area contributed by atoms with Crippen LogP contribution in [0.1, 0.15) is 12.0 Å². The predicted octanol–water partition coefficient (Wildman–Crippen LogP) is 1.71. The summed E-state index contributed by atoms with van der Waals surface area (Å²) in [6.45, 7) is 3.21. The monoisotopic (exact) mass is 312 g/mol. The molecule has 1 atom stereocenters. The Labute approximate surface area is 125 Å². The van der Waals surface area contributed by atoms with E-state index in [1.807, 2.05) is 6.08 Å². The smallest absolute Gasteiger partial charge is 0.208 e. The third-order valence-corrected chi connectivity index (χ3v) is 4.24. The molecule has 0 amide bonds. The van der Waals surface area contributed by atoms with Crippen molar-refractivity contribution < 1.29 is 12.8 Å². The molecule has 1 saturated heterocycles. The molecule has 1 aromatic rings. The molecule has 0 aromatic heterocycles. The summed E-state index contributed by atoms with van der Waals surface area (Å²) in [5, 5.41) is 0. The zero-order valence-electron chi connectivity index (χ0n) is 12.1. The first-order valence-electron chi connectivity index (χ1n) is 7.01. The standard InChI is InChI=1S/C15H21FN2O2S/c1-21(19,20)17-11-14-8-10-18(12-14)9-2-3-13-4-6-15(16)7-5-13/h2-7,14,17H,8-12H2,1H3/b3-2+. The van der Waals surface area contributed by atoms with Crippen LogP contribution in [0.15, 0.2) is 30.3 Å². The lowest BCUT2D eigenvalue weighted by Gasteiger charge is -2.13. The van der Waals surface area contributed by atoms with Gasteiger partial charge in [0, 0.05) is 19.6 Å². The lowest BCUT2D eigenvalue weighted by molar-refractivity contribution is 0.359. The second kappa shape index (κ2) is 7.15. The number of halogens is 1. The van der Waals surface area contributed by atoms with Crippen LogP contribution in [0.3, 0.4) is 0 Å². The van der Waals surface area contributed by atoms with Gasteiger partial charge in [-0.15, -0.1) is 0 Å². The van der Waals surface area contributed by atoms with Gasteiger partial charge in [0.25, 0.3) is 0 Å². The van der Waals surface area contributed by atoms with Gasteiger partial charge < -0.3 is 0 Å². The van der Waals surface area contributed by atoms with E-state index in [0.29, 0.717) is 12.5 Å². The van der Waals surface area contributed by atoms with E-state index in [0.717, 1.165) is 31.6 Å². The van der Waals surface area contributed by atoms with E-state index in [1.54, 1.807) is 12.1 Å². The van der Waals surface area contributed by atoms with Crippen molar-refractivity contribution in [1.29, 1.82) is 0 Å². The zero-order chi connectivity index (χ0) is 15.3. The lowest BCUT2D eigenvalue weighted by Crippen LogP contribution is -2.30. The van der Waals surface area contributed by atoms with Crippen LogP contribution in [0.4, 0.5) is 4.39 Å². The number of sulfonamides is 1. The second-order valence-corrected chi connectivity index (χ2v) is 7.32. The molecule has 1 N–H and O–H groups in total. The van der Waals surface area contributed by atoms with Crippen LogP contribution in [-0.4, -0.2) is 45.8 Å². The van der Waals surface area contributed by atoms with Gasteiger partial charge in [-0.25, -0.2) is 17.5 Å². The number of hydrogen-bond acceptors (Lipinski definition) is 3. The molecule has 1 unspecified atom stereocenters. The van der Waals surface area contributed by atoms with Crippen LogP contribution in [0, 0.1) is 11.7 Å². The van der Waals surface area contributed by atoms with E-state index in [1.165, 1.54) is 18.4 Å². The molecule has 6 heteroatoms. The van der Waals surface area contributed by atoms with E-state index in [4.69, 9.17) is 0 Å². The lowest BCUT2D eigenvalue weighted by atomic mass is 10.1. The zero-order valence-corrected chi connectivity index (χ0v) is 12.9. The molecule has 2 rings (SSSR count). The van der Waals surface area contributed by atoms with Crippen LogP contribution in [0.2, 0.25) is 0 Å². The molecule has 1 aliphatic rings. The topological polar surface area (TPSA) is 49.4 Å². The Bertz CT molecular complexity index is 584. The Hall–Kier alpha value is -1.24. The molecule has 0 saturated carbocycles. The molecule has 0 aliphatic carbocycles. The summed E-state index contributed by atoms with van der Waals surface area (Å²) >= 11 is 0. The highest BCUT2D eigenvalue weighted by atomic mass is 32.2. The van der Waals surface area contributed by atoms with Gasteiger partial charge in [0.2, 0.25) is 10.0 Å². The highest BCUT2D eigenvalue weighted by molar-refractivity contribution is 7.88. The molecule has 1 aromatic carbocycles. The predicted molar refractivity (Wildman–Crippen MR) is 82.8 cm³/mol. The molecular formula is C15H21FN2O2S. The Balaban J connectivity index is 1.74. The number of likely N-dealkylation sites (tertiary alicyclic amines) is 1. The highest BCUT2D eigenvalue weighted by Crippen LogP contribution is 2.15. The van der Waals surface area contributed by atoms with Crippen LogP contribution >= 0.6 is 0 Å². The maximum Gasteiger partial charge on any atom is 0.208 e. The molecule has 0 radical (unpaired) electrons. The van der Waals surface area contributed by atoms with E-state index in [2.05, 4.69) is 15.7 Å². The minimum Gasteiger partial charge on any atom is -0.299 e. The number of hydrogen-bond donors (Lipinski definition) is 1. The first-order valence-corrected chi connectivity index (χ1v) is 8.90. The molecule has 0 bridgehead atoms. The van der Waals surface area contributed by atoms with Gasteiger partial charge in [0.1, 0.15) is 5.82 Å². The van der Waals surface area contributed by atoms with Crippen LogP contribution in [0.5, 0.6) is 0 Å². The highest BCUT2D eigenvalue weighted by Gasteiger charge is 2.22. The van der Waals surface area contributed by atoms with Crippen molar-refractivity contribution in [2.75, 3.05) is 32.4 Å². The first kappa shape index (κ1) is 16.1. The molecule has 0 spiro atoms. The SMILES string of the molecule is CS(=O)(=O)NCC1CCN(C/C=C/c2ccc(F)cc2)C1. The minimum atomic E-state index is -3.10. The summed E-state index contributed by atoms with van der Waals surface area (Å²) in [7, 11) is -3.10. The molecule has 21 heavy (non-hydrogen) atoms. The molecular weight excluding hydrogens is 291 g/mol. The molecule has 1 fully saturated rings. The van der Waals surface area contributed by atoms with Gasteiger partial charge in [0.15, 0.2) is 0 Å². The van der Waals surface area contributed by atoms with Gasteiger partial charge in [0.05, 0.1) is 6.26 Å². The van der Waals surface area contributed by atoms with Crippen molar-refractivity contribution in [3.63, 3.8) is 0 Å². The van der Waals surface area contributed by atoms with E-state index >= 15 is 0 Å². The first-order chi connectivity index (χ1) is 9.92. The van der Waals surface area contributed by atoms with Gasteiger partial charge in [-0.2, -0.15) is 0 Å². The number of nitrogens with one attached hydrogen (secondary N) is 1. The summed E-state index contributed by atoms with van der Waals surface area (Å²) in [4.78, 5) is 2.29. The average molecular weight is 312 g/mol. The summed E-state index contributed by atoms with van der Waals surface area (Å²) in [5.74, 6) is 0.145. The fourth-order valence-electron chi connectivity index (χ4n) is 2.43. The fraction of sp³-hybridized carbons (Fsp3) is 0.467. The van der Waals surface area contributed by atoms with Crippen LogP contribution < -0.4 is 4.72 Å². The van der Waals surface area contributed by atoms with Crippen LogP contribution in [0.25, 0.3) is 6.08 Å². The average Bonchev–Trinajstić information content (AvgIpc) is 2.86. The van der Waals surface area contributed by atoms with Gasteiger partial charge >= 0.3 is 0 Å². The third-order valence-electron chi connectivity index (χ3n) is 3.55. The van der Waals surface area contributed by atoms with Crippen molar-refractivity contribution in [2.24, 2.45) is 5.92 Å². The van der Waals surface area contributed by atoms with Crippen molar-refractivity contribution in [3.8, 4) is 0 Å². The minimum absolute atomic E-state index is 0.229. The second-order valence-electron chi connectivity index (χ2n) is 5.49. The Morgan fingerprint density at radius 3 is 2.76 bits per heavy atom. The van der Waals surface area contributed by atoms with Crippen molar-refractivity contribution >= 4 is 16.1 Å². The van der Waals surface area contributed by atoms with Gasteiger partial charge in [-0.3, -0.25) is 4.90 Å². The van der Waals surface area contributed by atoms with Crippen molar-refractivity contribution in [1.82, 2.24) is 9.62 Å². The Morgan fingerprint density at radius 1 is 1.38 bits per heavy atom. The third kappa shape index (κ3) is 5.95. The van der Waals surface area contributed by atoms with Crippen molar-refractivity contribution in [3.05, 3.63) is 41.7 Å². The number of nitrogens with zero attached hydrogens (tertiary/aromatic N) is 1. The molecule has 1 aliphatic heterocycles. The van der Waals surface area contributed by atoms with E-state index < -0.39 is 10.0 Å². The summed E-state index contributed by atoms with van der Waals surface area (Å²) in [6, 6.07) is 6.38. The molecule has 1 heterocycles. The van der Waals surface area contributed by atoms with Gasteiger partial charge in [-0.05, 0) is 36.6 Å². The van der Waals surface area contributed by atoms with E-state index in [9.17, 15) is 12.8 Å². The summed E-state index contributed by atoms with van der Waals surface area (Å²) in [6.07, 6.45) is 6.22. The van der Waals surface area contributed by atoms with Crippen molar-refractivity contribution in [2.45, 2.75) is 6.42 Å². The van der Waals surface area contributed by atoms with Crippen LogP contribution in [-0.2, 0) is 10.0 Å². The fourth-order valence-corrected chi connectivity index (χ4v) is 2.96. The maximum absolute atomic E-state index is 12.8. The maximum atomic E-state index is 12.8. The summed E-state index contributed by atoms with van der Waals surface area (Å²) in [5.41, 5.74) is 0.978. The number of rotatable bonds is 6. The Morgan fingerprint density at radius 2 is 2.10 bits per heavy atom. The quantitative estimate of drug-likeness (QED) is 0.870.